The molecule has 1 saturated carbocycles. The number of hydrogen-bond acceptors (Lipinski definition) is 1. The van der Waals surface area contributed by atoms with Gasteiger partial charge in [-0.1, -0.05) is 24.0 Å². The number of carbonyl (C=O) groups is 1. The first-order chi connectivity index (χ1) is 7.33. The molecule has 0 saturated heterocycles. The van der Waals surface area contributed by atoms with E-state index in [1.165, 1.54) is 51.4 Å². The minimum absolute atomic E-state index is 0.0635. The van der Waals surface area contributed by atoms with Crippen molar-refractivity contribution in [2.75, 3.05) is 0 Å². The molecule has 3 aliphatic carbocycles. The second kappa shape index (κ2) is 3.47. The van der Waals surface area contributed by atoms with Crippen LogP contribution in [-0.4, -0.2) is 5.78 Å². The third-order valence-corrected chi connectivity index (χ3v) is 4.80. The number of hydrogen-bond donors (Lipinski definition) is 0. The molecule has 3 rings (SSSR count). The molecule has 0 radical (unpaired) electrons. The van der Waals surface area contributed by atoms with Crippen molar-refractivity contribution in [1.82, 2.24) is 0 Å². The van der Waals surface area contributed by atoms with Gasteiger partial charge in [-0.2, -0.15) is 0 Å². The average molecular weight is 204 g/mol. The highest BCUT2D eigenvalue weighted by Crippen LogP contribution is 2.53. The van der Waals surface area contributed by atoms with Crippen molar-refractivity contribution < 1.29 is 4.79 Å². The highest BCUT2D eigenvalue weighted by molar-refractivity contribution is 5.90. The van der Waals surface area contributed by atoms with Crippen molar-refractivity contribution in [3.8, 4) is 0 Å². The average Bonchev–Trinajstić information content (AvgIpc) is 2.75. The van der Waals surface area contributed by atoms with E-state index in [-0.39, 0.29) is 5.41 Å². The fourth-order valence-corrected chi connectivity index (χ4v) is 4.05. The summed E-state index contributed by atoms with van der Waals surface area (Å²) in [4.78, 5) is 12.2. The number of ketones is 1. The number of rotatable bonds is 0. The Labute approximate surface area is 91.9 Å². The van der Waals surface area contributed by atoms with Crippen LogP contribution in [0.15, 0.2) is 11.1 Å². The maximum atomic E-state index is 12.2. The summed E-state index contributed by atoms with van der Waals surface area (Å²) in [5, 5.41) is 0. The molecule has 0 atom stereocenters. The number of carbonyl (C=O) groups excluding carboxylic acids is 1. The third-order valence-electron chi connectivity index (χ3n) is 4.80. The summed E-state index contributed by atoms with van der Waals surface area (Å²) < 4.78 is 0. The molecule has 1 nitrogen and oxygen atoms in total. The van der Waals surface area contributed by atoms with E-state index in [1.54, 1.807) is 11.1 Å². The molecule has 15 heavy (non-hydrogen) atoms. The molecule has 0 unspecified atom stereocenters. The van der Waals surface area contributed by atoms with Crippen LogP contribution < -0.4 is 0 Å². The van der Waals surface area contributed by atoms with Gasteiger partial charge in [0.2, 0.25) is 0 Å². The van der Waals surface area contributed by atoms with Crippen molar-refractivity contribution >= 4 is 5.78 Å². The van der Waals surface area contributed by atoms with Crippen LogP contribution in [0.3, 0.4) is 0 Å². The molecule has 82 valence electrons. The molecule has 0 aromatic heterocycles. The predicted molar refractivity (Wildman–Crippen MR) is 60.6 cm³/mol. The number of allylic oxidation sites excluding steroid dienone is 2. The van der Waals surface area contributed by atoms with Crippen LogP contribution in [-0.2, 0) is 4.79 Å². The Morgan fingerprint density at radius 2 is 1.53 bits per heavy atom. The fourth-order valence-electron chi connectivity index (χ4n) is 4.05. The number of fused-ring (bicyclic) bond motifs is 1. The Bertz CT molecular complexity index is 318. The van der Waals surface area contributed by atoms with Crippen molar-refractivity contribution in [2.24, 2.45) is 5.41 Å². The normalized spacial score (nSPS) is 29.7. The smallest absolute Gasteiger partial charge is 0.143 e. The molecule has 0 aromatic rings. The summed E-state index contributed by atoms with van der Waals surface area (Å²) in [6.45, 7) is 0. The van der Waals surface area contributed by atoms with Gasteiger partial charge in [0.25, 0.3) is 0 Å². The Morgan fingerprint density at radius 3 is 2.33 bits per heavy atom. The molecular formula is C14H20O. The van der Waals surface area contributed by atoms with Crippen LogP contribution in [0.25, 0.3) is 0 Å². The summed E-state index contributed by atoms with van der Waals surface area (Å²) in [5.41, 5.74) is 3.36. The molecule has 0 amide bonds. The Morgan fingerprint density at radius 1 is 0.800 bits per heavy atom. The van der Waals surface area contributed by atoms with Crippen LogP contribution in [0.5, 0.6) is 0 Å². The van der Waals surface area contributed by atoms with Gasteiger partial charge >= 0.3 is 0 Å². The lowest BCUT2D eigenvalue weighted by Gasteiger charge is -2.39. The van der Waals surface area contributed by atoms with Gasteiger partial charge in [0.15, 0.2) is 0 Å². The SMILES string of the molecule is O=C1CCC2=C(CCCC2)C12CCCC2. The molecule has 3 aliphatic rings. The van der Waals surface area contributed by atoms with Crippen molar-refractivity contribution in [3.05, 3.63) is 11.1 Å². The van der Waals surface area contributed by atoms with Gasteiger partial charge in [-0.3, -0.25) is 4.79 Å². The summed E-state index contributed by atoms with van der Waals surface area (Å²) in [6, 6.07) is 0. The van der Waals surface area contributed by atoms with Crippen LogP contribution in [0.1, 0.15) is 64.2 Å². The van der Waals surface area contributed by atoms with Crippen LogP contribution in [0.4, 0.5) is 0 Å². The van der Waals surface area contributed by atoms with E-state index in [9.17, 15) is 4.79 Å². The lowest BCUT2D eigenvalue weighted by atomic mass is 9.64. The quantitative estimate of drug-likeness (QED) is 0.549. The molecular weight excluding hydrogens is 184 g/mol. The van der Waals surface area contributed by atoms with E-state index in [2.05, 4.69) is 0 Å². The van der Waals surface area contributed by atoms with Gasteiger partial charge in [0, 0.05) is 6.42 Å². The monoisotopic (exact) mass is 204 g/mol. The minimum atomic E-state index is 0.0635. The van der Waals surface area contributed by atoms with Gasteiger partial charge in [0.05, 0.1) is 5.41 Å². The van der Waals surface area contributed by atoms with E-state index < -0.39 is 0 Å². The molecule has 0 aliphatic heterocycles. The Balaban J connectivity index is 2.04. The first kappa shape index (κ1) is 9.62. The molecule has 1 fully saturated rings. The topological polar surface area (TPSA) is 17.1 Å². The lowest BCUT2D eigenvalue weighted by Crippen LogP contribution is -2.35. The fraction of sp³-hybridized carbons (Fsp3) is 0.786. The van der Waals surface area contributed by atoms with E-state index in [1.807, 2.05) is 0 Å². The first-order valence-electron chi connectivity index (χ1n) is 6.58. The van der Waals surface area contributed by atoms with Crippen molar-refractivity contribution in [1.29, 1.82) is 0 Å². The zero-order valence-electron chi connectivity index (χ0n) is 9.48. The lowest BCUT2D eigenvalue weighted by molar-refractivity contribution is -0.127. The largest absolute Gasteiger partial charge is 0.299 e. The van der Waals surface area contributed by atoms with E-state index in [0.29, 0.717) is 5.78 Å². The third kappa shape index (κ3) is 1.32. The van der Waals surface area contributed by atoms with Crippen LogP contribution in [0.2, 0.25) is 0 Å². The van der Waals surface area contributed by atoms with Gasteiger partial charge < -0.3 is 0 Å². The zero-order valence-corrected chi connectivity index (χ0v) is 9.48. The highest BCUT2D eigenvalue weighted by atomic mass is 16.1. The first-order valence-corrected chi connectivity index (χ1v) is 6.58. The van der Waals surface area contributed by atoms with Gasteiger partial charge in [-0.15, -0.1) is 0 Å². The van der Waals surface area contributed by atoms with E-state index in [0.717, 1.165) is 12.8 Å². The minimum Gasteiger partial charge on any atom is -0.299 e. The molecule has 0 N–H and O–H groups in total. The summed E-state index contributed by atoms with van der Waals surface area (Å²) in [6.07, 6.45) is 12.1. The molecule has 0 aromatic carbocycles. The standard InChI is InChI=1S/C14H20O/c15-13-8-7-11-5-1-2-6-12(11)14(13)9-3-4-10-14/h1-10H2. The van der Waals surface area contributed by atoms with Gasteiger partial charge in [-0.05, 0) is 44.9 Å². The molecule has 1 spiro atoms. The van der Waals surface area contributed by atoms with Gasteiger partial charge in [-0.25, -0.2) is 0 Å². The van der Waals surface area contributed by atoms with Crippen molar-refractivity contribution in [3.63, 3.8) is 0 Å². The van der Waals surface area contributed by atoms with E-state index >= 15 is 0 Å². The molecule has 1 heteroatoms. The molecule has 0 heterocycles. The second-order valence-electron chi connectivity index (χ2n) is 5.50. The maximum absolute atomic E-state index is 12.2. The Hall–Kier alpha value is -0.590. The zero-order chi connectivity index (χ0) is 10.3. The predicted octanol–water partition coefficient (Wildman–Crippen LogP) is 3.78. The maximum Gasteiger partial charge on any atom is 0.143 e. The molecule has 0 bridgehead atoms. The number of Topliss-reactive ketones (excluding diaryl/α,β-unsaturated/α-hetero) is 1. The summed E-state index contributed by atoms with van der Waals surface area (Å²) >= 11 is 0. The van der Waals surface area contributed by atoms with Gasteiger partial charge in [0.1, 0.15) is 5.78 Å². The van der Waals surface area contributed by atoms with Crippen LogP contribution in [0, 0.1) is 5.41 Å². The van der Waals surface area contributed by atoms with Crippen LogP contribution >= 0.6 is 0 Å². The second-order valence-corrected chi connectivity index (χ2v) is 5.50. The Kier molecular flexibility index (Phi) is 2.22. The summed E-state index contributed by atoms with van der Waals surface area (Å²) in [7, 11) is 0. The summed E-state index contributed by atoms with van der Waals surface area (Å²) in [5.74, 6) is 0.584. The van der Waals surface area contributed by atoms with Crippen molar-refractivity contribution in [2.45, 2.75) is 64.2 Å². The van der Waals surface area contributed by atoms with E-state index in [4.69, 9.17) is 0 Å². The highest BCUT2D eigenvalue weighted by Gasteiger charge is 2.46.